The number of carbonyl (C=O) groups excluding carboxylic acids is 1. The number of nitriles is 2. The predicted molar refractivity (Wildman–Crippen MR) is 94.9 cm³/mol. The van der Waals surface area contributed by atoms with Gasteiger partial charge in [-0.25, -0.2) is 0 Å². The molecule has 1 rings (SSSR count). The molecule has 0 aliphatic rings. The Morgan fingerprint density at radius 1 is 1.08 bits per heavy atom. The van der Waals surface area contributed by atoms with Gasteiger partial charge in [-0.3, -0.25) is 4.79 Å². The van der Waals surface area contributed by atoms with Gasteiger partial charge in [-0.2, -0.15) is 10.5 Å². The number of benzene rings is 1. The number of carbonyl (C=O) groups is 1. The van der Waals surface area contributed by atoms with Crippen LogP contribution in [0.15, 0.2) is 24.3 Å². The van der Waals surface area contributed by atoms with Gasteiger partial charge in [0.2, 0.25) is 5.91 Å². The first kappa shape index (κ1) is 19.7. The first-order valence-electron chi connectivity index (χ1n) is 8.17. The van der Waals surface area contributed by atoms with Crippen LogP contribution >= 0.6 is 0 Å². The number of nitrogens with one attached hydrogen (secondary N) is 1. The molecule has 0 saturated heterocycles. The Hall–Kier alpha value is -2.33. The molecule has 4 nitrogen and oxygen atoms in total. The minimum absolute atomic E-state index is 0.0555. The van der Waals surface area contributed by atoms with Crippen LogP contribution in [0.25, 0.3) is 0 Å². The molecule has 0 fully saturated rings. The first-order chi connectivity index (χ1) is 11.0. The topological polar surface area (TPSA) is 76.7 Å². The van der Waals surface area contributed by atoms with Crippen LogP contribution in [0.3, 0.4) is 0 Å². The normalized spacial score (nSPS) is 13.0. The second-order valence-electron chi connectivity index (χ2n) is 8.23. The van der Waals surface area contributed by atoms with Crippen LogP contribution in [0, 0.1) is 40.9 Å². The second kappa shape index (κ2) is 7.49. The van der Waals surface area contributed by atoms with E-state index in [1.807, 2.05) is 57.2 Å². The summed E-state index contributed by atoms with van der Waals surface area (Å²) < 4.78 is 0. The summed E-state index contributed by atoms with van der Waals surface area (Å²) in [6.45, 7) is 12.2. The van der Waals surface area contributed by atoms with Gasteiger partial charge in [0.15, 0.2) is 0 Å². The lowest BCUT2D eigenvalue weighted by molar-refractivity contribution is -0.124. The molecule has 1 unspecified atom stereocenters. The van der Waals surface area contributed by atoms with Gasteiger partial charge >= 0.3 is 0 Å². The van der Waals surface area contributed by atoms with E-state index >= 15 is 0 Å². The third-order valence-corrected chi connectivity index (χ3v) is 3.76. The Labute approximate surface area is 145 Å². The molecule has 0 radical (unpaired) electrons. The summed E-state index contributed by atoms with van der Waals surface area (Å²) in [6, 6.07) is 11.3. The van der Waals surface area contributed by atoms with Crippen molar-refractivity contribution >= 4 is 5.91 Å². The zero-order valence-corrected chi connectivity index (χ0v) is 15.5. The molecule has 24 heavy (non-hydrogen) atoms. The molecule has 0 aliphatic carbocycles. The van der Waals surface area contributed by atoms with Crippen LogP contribution in [-0.2, 0) is 4.79 Å². The van der Waals surface area contributed by atoms with Crippen LogP contribution in [0.2, 0.25) is 0 Å². The van der Waals surface area contributed by atoms with Crippen molar-refractivity contribution in [3.05, 3.63) is 35.4 Å². The molecular weight excluding hydrogens is 298 g/mol. The number of amides is 1. The summed E-state index contributed by atoms with van der Waals surface area (Å²) in [6.07, 6.45) is 0.788. The molecule has 0 saturated carbocycles. The van der Waals surface area contributed by atoms with E-state index in [0.717, 1.165) is 12.0 Å². The average Bonchev–Trinajstić information content (AvgIpc) is 2.42. The van der Waals surface area contributed by atoms with E-state index in [4.69, 9.17) is 0 Å². The van der Waals surface area contributed by atoms with Crippen LogP contribution in [0.5, 0.6) is 0 Å². The maximum absolute atomic E-state index is 12.9. The van der Waals surface area contributed by atoms with Gasteiger partial charge in [-0.05, 0) is 38.2 Å². The average molecular weight is 325 g/mol. The van der Waals surface area contributed by atoms with Crippen molar-refractivity contribution in [3.63, 3.8) is 0 Å². The highest BCUT2D eigenvalue weighted by Gasteiger charge is 2.34. The lowest BCUT2D eigenvalue weighted by atomic mass is 9.80. The fourth-order valence-electron chi connectivity index (χ4n) is 3.23. The maximum Gasteiger partial charge on any atom is 0.230 e. The number of rotatable bonds is 5. The maximum atomic E-state index is 12.9. The van der Waals surface area contributed by atoms with Crippen LogP contribution in [0.4, 0.5) is 0 Å². The SMILES string of the molecule is Cc1ccc(C(C(=O)NC(C)(C)CC(C)(C)C)C(C#N)C#N)cc1. The van der Waals surface area contributed by atoms with Gasteiger partial charge in [0.1, 0.15) is 5.92 Å². The third kappa shape index (κ3) is 5.70. The van der Waals surface area contributed by atoms with E-state index in [1.54, 1.807) is 0 Å². The molecule has 0 aliphatic heterocycles. The van der Waals surface area contributed by atoms with Gasteiger partial charge in [0.25, 0.3) is 0 Å². The molecular formula is C20H27N3O. The van der Waals surface area contributed by atoms with E-state index in [9.17, 15) is 15.3 Å². The molecule has 4 heteroatoms. The van der Waals surface area contributed by atoms with Crippen molar-refractivity contribution in [1.82, 2.24) is 5.32 Å². The van der Waals surface area contributed by atoms with Crippen LogP contribution < -0.4 is 5.32 Å². The van der Waals surface area contributed by atoms with Gasteiger partial charge in [0, 0.05) is 5.54 Å². The molecule has 0 spiro atoms. The minimum Gasteiger partial charge on any atom is -0.351 e. The molecule has 1 amide bonds. The summed E-state index contributed by atoms with van der Waals surface area (Å²) >= 11 is 0. The summed E-state index contributed by atoms with van der Waals surface area (Å²) in [5.74, 6) is -2.08. The van der Waals surface area contributed by atoms with Crippen molar-refractivity contribution in [3.8, 4) is 12.1 Å². The van der Waals surface area contributed by atoms with Gasteiger partial charge in [-0.1, -0.05) is 50.6 Å². The monoisotopic (exact) mass is 325 g/mol. The minimum atomic E-state index is -1.02. The number of nitrogens with zero attached hydrogens (tertiary/aromatic N) is 2. The van der Waals surface area contributed by atoms with E-state index < -0.39 is 17.4 Å². The first-order valence-corrected chi connectivity index (χ1v) is 8.17. The second-order valence-corrected chi connectivity index (χ2v) is 8.23. The molecule has 1 aromatic carbocycles. The highest BCUT2D eigenvalue weighted by atomic mass is 16.2. The molecule has 1 N–H and O–H groups in total. The lowest BCUT2D eigenvalue weighted by Gasteiger charge is -2.34. The third-order valence-electron chi connectivity index (χ3n) is 3.76. The number of hydrogen-bond acceptors (Lipinski definition) is 3. The van der Waals surface area contributed by atoms with E-state index in [1.165, 1.54) is 0 Å². The zero-order valence-electron chi connectivity index (χ0n) is 15.5. The van der Waals surface area contributed by atoms with Crippen molar-refractivity contribution in [2.75, 3.05) is 0 Å². The Balaban J connectivity index is 3.12. The van der Waals surface area contributed by atoms with Crippen LogP contribution in [0.1, 0.15) is 58.1 Å². The Morgan fingerprint density at radius 2 is 1.58 bits per heavy atom. The summed E-state index contributed by atoms with van der Waals surface area (Å²) in [5.41, 5.74) is 1.39. The summed E-state index contributed by atoms with van der Waals surface area (Å²) in [5, 5.41) is 21.6. The number of aryl methyl sites for hydroxylation is 1. The summed E-state index contributed by atoms with van der Waals surface area (Å²) in [7, 11) is 0. The van der Waals surface area contributed by atoms with Crippen molar-refractivity contribution < 1.29 is 4.79 Å². The molecule has 1 aromatic rings. The van der Waals surface area contributed by atoms with Crippen molar-refractivity contribution in [1.29, 1.82) is 10.5 Å². The predicted octanol–water partition coefficient (Wildman–Crippen LogP) is 4.07. The largest absolute Gasteiger partial charge is 0.351 e. The molecule has 0 bridgehead atoms. The van der Waals surface area contributed by atoms with Crippen LogP contribution in [-0.4, -0.2) is 11.4 Å². The highest BCUT2D eigenvalue weighted by Crippen LogP contribution is 2.30. The standard InChI is InChI=1S/C20H27N3O/c1-14-7-9-15(10-8-14)17(16(11-21)12-22)18(24)23-20(5,6)13-19(2,3)4/h7-10,16-17H,13H2,1-6H3,(H,23,24). The van der Waals surface area contributed by atoms with E-state index in [2.05, 4.69) is 26.1 Å². The van der Waals surface area contributed by atoms with E-state index in [0.29, 0.717) is 5.56 Å². The van der Waals surface area contributed by atoms with Gasteiger partial charge in [-0.15, -0.1) is 0 Å². The molecule has 128 valence electrons. The molecule has 0 heterocycles. The van der Waals surface area contributed by atoms with E-state index in [-0.39, 0.29) is 11.3 Å². The fraction of sp³-hybridized carbons (Fsp3) is 0.550. The highest BCUT2D eigenvalue weighted by molar-refractivity contribution is 5.85. The molecule has 0 aromatic heterocycles. The Bertz CT molecular complexity index is 640. The number of hydrogen-bond donors (Lipinski definition) is 1. The molecule has 1 atom stereocenters. The van der Waals surface area contributed by atoms with Crippen molar-refractivity contribution in [2.24, 2.45) is 11.3 Å². The zero-order chi connectivity index (χ0) is 18.5. The summed E-state index contributed by atoms with van der Waals surface area (Å²) in [4.78, 5) is 12.9. The lowest BCUT2D eigenvalue weighted by Crippen LogP contribution is -2.48. The Kier molecular flexibility index (Phi) is 6.16. The van der Waals surface area contributed by atoms with Gasteiger partial charge in [0.05, 0.1) is 18.1 Å². The van der Waals surface area contributed by atoms with Crippen molar-refractivity contribution in [2.45, 2.75) is 59.4 Å². The Morgan fingerprint density at radius 3 is 2.00 bits per heavy atom. The fourth-order valence-corrected chi connectivity index (χ4v) is 3.23. The smallest absolute Gasteiger partial charge is 0.230 e. The quantitative estimate of drug-likeness (QED) is 0.886. The van der Waals surface area contributed by atoms with Gasteiger partial charge < -0.3 is 5.32 Å².